The minimum Gasteiger partial charge on any atom is -0.301 e. The van der Waals surface area contributed by atoms with Gasteiger partial charge in [-0.15, -0.1) is 12.3 Å². The number of hydrogen-bond donors (Lipinski definition) is 0. The van der Waals surface area contributed by atoms with Gasteiger partial charge in [0.2, 0.25) is 0 Å². The topological polar surface area (TPSA) is 3.24 Å². The van der Waals surface area contributed by atoms with Crippen molar-refractivity contribution in [1.82, 2.24) is 4.90 Å². The summed E-state index contributed by atoms with van der Waals surface area (Å²) in [7, 11) is 0. The molecule has 70 valence electrons. The second kappa shape index (κ2) is 7.18. The molecule has 0 spiro atoms. The molecular weight excluding hydrogens is 146 g/mol. The van der Waals surface area contributed by atoms with Crippen LogP contribution in [-0.4, -0.2) is 24.0 Å². The van der Waals surface area contributed by atoms with Crippen LogP contribution in [0.15, 0.2) is 0 Å². The second-order valence-corrected chi connectivity index (χ2v) is 3.19. The van der Waals surface area contributed by atoms with Crippen LogP contribution >= 0.6 is 0 Å². The number of rotatable bonds is 6. The van der Waals surface area contributed by atoms with Crippen LogP contribution in [0.2, 0.25) is 0 Å². The van der Waals surface area contributed by atoms with Gasteiger partial charge in [-0.1, -0.05) is 13.8 Å². The van der Waals surface area contributed by atoms with E-state index >= 15 is 0 Å². The Hall–Kier alpha value is -0.480. The Morgan fingerprint density at radius 3 is 2.50 bits per heavy atom. The first-order valence-corrected chi connectivity index (χ1v) is 4.93. The molecule has 0 fully saturated rings. The van der Waals surface area contributed by atoms with Gasteiger partial charge in [0.25, 0.3) is 0 Å². The van der Waals surface area contributed by atoms with Gasteiger partial charge in [-0.3, -0.25) is 0 Å². The molecule has 0 aromatic heterocycles. The zero-order valence-corrected chi connectivity index (χ0v) is 8.64. The predicted octanol–water partition coefficient (Wildman–Crippen LogP) is 2.52. The highest BCUT2D eigenvalue weighted by Crippen LogP contribution is 2.04. The summed E-state index contributed by atoms with van der Waals surface area (Å²) in [6.07, 6.45) is 8.47. The third-order valence-corrected chi connectivity index (χ3v) is 2.39. The molecule has 1 heteroatoms. The van der Waals surface area contributed by atoms with Crippen molar-refractivity contribution in [2.24, 2.45) is 0 Å². The average molecular weight is 167 g/mol. The molecule has 0 rings (SSSR count). The first-order valence-electron chi connectivity index (χ1n) is 4.93. The fraction of sp³-hybridized carbons (Fsp3) is 0.818. The SMILES string of the molecule is C#CCCCN(CC)C(C)CC. The number of hydrogen-bond acceptors (Lipinski definition) is 1. The molecule has 12 heavy (non-hydrogen) atoms. The quantitative estimate of drug-likeness (QED) is 0.434. The smallest absolute Gasteiger partial charge is 0.00982 e. The molecule has 0 aliphatic rings. The van der Waals surface area contributed by atoms with E-state index in [1.807, 2.05) is 0 Å². The van der Waals surface area contributed by atoms with Gasteiger partial charge >= 0.3 is 0 Å². The van der Waals surface area contributed by atoms with Crippen LogP contribution in [0.25, 0.3) is 0 Å². The Morgan fingerprint density at radius 2 is 2.08 bits per heavy atom. The van der Waals surface area contributed by atoms with E-state index in [0.29, 0.717) is 6.04 Å². The minimum atomic E-state index is 0.702. The Labute approximate surface area is 77.1 Å². The molecule has 0 amide bonds. The molecule has 0 aliphatic heterocycles. The summed E-state index contributed by atoms with van der Waals surface area (Å²) in [5, 5.41) is 0. The van der Waals surface area contributed by atoms with Gasteiger partial charge in [0.1, 0.15) is 0 Å². The minimum absolute atomic E-state index is 0.702. The van der Waals surface area contributed by atoms with Gasteiger partial charge in [0.05, 0.1) is 0 Å². The molecule has 1 atom stereocenters. The third-order valence-electron chi connectivity index (χ3n) is 2.39. The van der Waals surface area contributed by atoms with E-state index in [1.165, 1.54) is 6.42 Å². The first kappa shape index (κ1) is 11.5. The summed E-state index contributed by atoms with van der Waals surface area (Å²) in [5.41, 5.74) is 0. The van der Waals surface area contributed by atoms with Crippen molar-refractivity contribution in [3.8, 4) is 12.3 Å². The van der Waals surface area contributed by atoms with Crippen molar-refractivity contribution in [3.63, 3.8) is 0 Å². The Bertz CT molecular complexity index is 134. The Kier molecular flexibility index (Phi) is 6.90. The molecule has 0 radical (unpaired) electrons. The van der Waals surface area contributed by atoms with E-state index < -0.39 is 0 Å². The zero-order valence-electron chi connectivity index (χ0n) is 8.64. The summed E-state index contributed by atoms with van der Waals surface area (Å²) < 4.78 is 0. The third kappa shape index (κ3) is 4.41. The van der Waals surface area contributed by atoms with Crippen molar-refractivity contribution in [1.29, 1.82) is 0 Å². The second-order valence-electron chi connectivity index (χ2n) is 3.19. The summed E-state index contributed by atoms with van der Waals surface area (Å²) >= 11 is 0. The molecule has 0 aromatic rings. The maximum absolute atomic E-state index is 5.20. The van der Waals surface area contributed by atoms with Crippen LogP contribution in [0.4, 0.5) is 0 Å². The summed E-state index contributed by atoms with van der Waals surface area (Å²) in [5.74, 6) is 2.68. The summed E-state index contributed by atoms with van der Waals surface area (Å²) in [6.45, 7) is 9.01. The fourth-order valence-electron chi connectivity index (χ4n) is 1.33. The van der Waals surface area contributed by atoms with Gasteiger partial charge in [-0.05, 0) is 32.9 Å². The lowest BCUT2D eigenvalue weighted by Crippen LogP contribution is -2.33. The number of nitrogens with zero attached hydrogens (tertiary/aromatic N) is 1. The molecule has 0 bridgehead atoms. The normalized spacial score (nSPS) is 12.9. The molecule has 1 unspecified atom stereocenters. The van der Waals surface area contributed by atoms with E-state index in [-0.39, 0.29) is 0 Å². The summed E-state index contributed by atoms with van der Waals surface area (Å²) in [6, 6.07) is 0.702. The fourth-order valence-corrected chi connectivity index (χ4v) is 1.33. The maximum atomic E-state index is 5.20. The highest BCUT2D eigenvalue weighted by atomic mass is 15.1. The number of unbranched alkanes of at least 4 members (excludes halogenated alkanes) is 1. The molecule has 0 saturated heterocycles. The highest BCUT2D eigenvalue weighted by molar-refractivity contribution is 4.83. The van der Waals surface area contributed by atoms with Crippen molar-refractivity contribution >= 4 is 0 Å². The standard InChI is InChI=1S/C11H21N/c1-5-8-9-10-12(7-3)11(4)6-2/h1,11H,6-10H2,2-4H3. The van der Waals surface area contributed by atoms with Crippen LogP contribution in [0, 0.1) is 12.3 Å². The van der Waals surface area contributed by atoms with E-state index in [2.05, 4.69) is 31.6 Å². The predicted molar refractivity (Wildman–Crippen MR) is 55.1 cm³/mol. The molecule has 0 heterocycles. The zero-order chi connectivity index (χ0) is 9.40. The van der Waals surface area contributed by atoms with E-state index in [9.17, 15) is 0 Å². The van der Waals surface area contributed by atoms with Crippen LogP contribution in [0.1, 0.15) is 40.0 Å². The van der Waals surface area contributed by atoms with E-state index in [4.69, 9.17) is 6.42 Å². The molecule has 1 nitrogen and oxygen atoms in total. The van der Waals surface area contributed by atoms with Gasteiger partial charge in [-0.25, -0.2) is 0 Å². The number of terminal acetylenes is 1. The largest absolute Gasteiger partial charge is 0.301 e. The van der Waals surface area contributed by atoms with E-state index in [0.717, 1.165) is 25.9 Å². The molecule has 0 saturated carbocycles. The Morgan fingerprint density at radius 1 is 1.42 bits per heavy atom. The van der Waals surface area contributed by atoms with Gasteiger partial charge < -0.3 is 4.90 Å². The van der Waals surface area contributed by atoms with Crippen molar-refractivity contribution in [2.45, 2.75) is 46.1 Å². The lowest BCUT2D eigenvalue weighted by atomic mass is 10.2. The van der Waals surface area contributed by atoms with Gasteiger partial charge in [0.15, 0.2) is 0 Å². The molecular formula is C11H21N. The van der Waals surface area contributed by atoms with E-state index in [1.54, 1.807) is 0 Å². The maximum Gasteiger partial charge on any atom is 0.00982 e. The first-order chi connectivity index (χ1) is 5.76. The molecule has 0 aliphatic carbocycles. The average Bonchev–Trinajstić information content (AvgIpc) is 2.11. The molecule has 0 aromatic carbocycles. The lowest BCUT2D eigenvalue weighted by molar-refractivity contribution is 0.213. The van der Waals surface area contributed by atoms with Crippen molar-refractivity contribution < 1.29 is 0 Å². The molecule has 0 N–H and O–H groups in total. The van der Waals surface area contributed by atoms with Crippen molar-refractivity contribution in [2.75, 3.05) is 13.1 Å². The summed E-state index contributed by atoms with van der Waals surface area (Å²) in [4.78, 5) is 2.48. The Balaban J connectivity index is 3.61. The van der Waals surface area contributed by atoms with Crippen LogP contribution in [-0.2, 0) is 0 Å². The van der Waals surface area contributed by atoms with Crippen LogP contribution in [0.5, 0.6) is 0 Å². The van der Waals surface area contributed by atoms with Crippen LogP contribution in [0.3, 0.4) is 0 Å². The van der Waals surface area contributed by atoms with Crippen molar-refractivity contribution in [3.05, 3.63) is 0 Å². The monoisotopic (exact) mass is 167 g/mol. The lowest BCUT2D eigenvalue weighted by Gasteiger charge is -2.26. The van der Waals surface area contributed by atoms with Gasteiger partial charge in [0, 0.05) is 12.5 Å². The van der Waals surface area contributed by atoms with Crippen LogP contribution < -0.4 is 0 Å². The van der Waals surface area contributed by atoms with Gasteiger partial charge in [-0.2, -0.15) is 0 Å². The highest BCUT2D eigenvalue weighted by Gasteiger charge is 2.07.